The van der Waals surface area contributed by atoms with Crippen LogP contribution in [-0.2, 0) is 4.79 Å². The van der Waals surface area contributed by atoms with Crippen molar-refractivity contribution in [3.05, 3.63) is 0 Å². The topological polar surface area (TPSA) is 23.6 Å². The van der Waals surface area contributed by atoms with Gasteiger partial charge in [-0.05, 0) is 56.9 Å². The molecule has 1 amide bonds. The summed E-state index contributed by atoms with van der Waals surface area (Å²) < 4.78 is 0. The van der Waals surface area contributed by atoms with E-state index in [9.17, 15) is 4.79 Å². The molecule has 120 valence electrons. The molecular weight excluding hydrogens is 260 g/mol. The van der Waals surface area contributed by atoms with Crippen molar-refractivity contribution in [2.45, 2.75) is 70.8 Å². The summed E-state index contributed by atoms with van der Waals surface area (Å²) in [4.78, 5) is 17.3. The lowest BCUT2D eigenvalue weighted by Crippen LogP contribution is -2.47. The molecule has 2 saturated heterocycles. The minimum atomic E-state index is 0.393. The highest BCUT2D eigenvalue weighted by molar-refractivity contribution is 5.78. The van der Waals surface area contributed by atoms with Crippen molar-refractivity contribution in [2.24, 2.45) is 11.8 Å². The molecule has 0 aromatic rings. The maximum absolute atomic E-state index is 12.6. The van der Waals surface area contributed by atoms with Crippen molar-refractivity contribution < 1.29 is 4.79 Å². The summed E-state index contributed by atoms with van der Waals surface area (Å²) in [7, 11) is 0. The molecule has 3 fully saturated rings. The molecule has 0 aromatic carbocycles. The molecule has 0 spiro atoms. The lowest BCUT2D eigenvalue weighted by Gasteiger charge is -2.36. The molecule has 0 N–H and O–H groups in total. The van der Waals surface area contributed by atoms with Crippen LogP contribution in [0.5, 0.6) is 0 Å². The minimum absolute atomic E-state index is 0.393. The first-order valence-corrected chi connectivity index (χ1v) is 9.26. The number of carbonyl (C=O) groups is 1. The summed E-state index contributed by atoms with van der Waals surface area (Å²) in [5, 5.41) is 0. The molecule has 0 bridgehead atoms. The predicted octanol–water partition coefficient (Wildman–Crippen LogP) is 3.29. The monoisotopic (exact) mass is 292 g/mol. The maximum atomic E-state index is 12.6. The third-order valence-electron chi connectivity index (χ3n) is 5.96. The SMILES string of the molecule is C[C@@H]1CCCN(C(=O)CN2CCC[C@@H]2C2CCCCC2)C1. The lowest BCUT2D eigenvalue weighted by atomic mass is 9.83. The van der Waals surface area contributed by atoms with Gasteiger partial charge < -0.3 is 4.90 Å². The van der Waals surface area contributed by atoms with E-state index >= 15 is 0 Å². The first-order valence-electron chi connectivity index (χ1n) is 9.26. The smallest absolute Gasteiger partial charge is 0.236 e. The number of hydrogen-bond donors (Lipinski definition) is 0. The Morgan fingerprint density at radius 2 is 1.71 bits per heavy atom. The number of nitrogens with zero attached hydrogens (tertiary/aromatic N) is 2. The Morgan fingerprint density at radius 3 is 2.48 bits per heavy atom. The van der Waals surface area contributed by atoms with Crippen molar-refractivity contribution in [1.82, 2.24) is 9.80 Å². The van der Waals surface area contributed by atoms with Gasteiger partial charge >= 0.3 is 0 Å². The van der Waals surface area contributed by atoms with Gasteiger partial charge in [-0.2, -0.15) is 0 Å². The Labute approximate surface area is 130 Å². The fourth-order valence-corrected chi connectivity index (χ4v) is 4.79. The van der Waals surface area contributed by atoms with E-state index < -0.39 is 0 Å². The fraction of sp³-hybridized carbons (Fsp3) is 0.944. The normalized spacial score (nSPS) is 32.5. The van der Waals surface area contributed by atoms with Crippen molar-refractivity contribution in [3.8, 4) is 0 Å². The average molecular weight is 292 g/mol. The Morgan fingerprint density at radius 1 is 0.952 bits per heavy atom. The summed E-state index contributed by atoms with van der Waals surface area (Å²) in [6.07, 6.45) is 12.1. The number of piperidine rings is 1. The van der Waals surface area contributed by atoms with Crippen molar-refractivity contribution in [3.63, 3.8) is 0 Å². The van der Waals surface area contributed by atoms with Crippen LogP contribution in [0, 0.1) is 11.8 Å². The average Bonchev–Trinajstić information content (AvgIpc) is 2.96. The molecule has 3 nitrogen and oxygen atoms in total. The first-order chi connectivity index (χ1) is 10.2. The van der Waals surface area contributed by atoms with Gasteiger partial charge in [-0.15, -0.1) is 0 Å². The van der Waals surface area contributed by atoms with E-state index in [1.54, 1.807) is 0 Å². The van der Waals surface area contributed by atoms with Crippen LogP contribution in [0.3, 0.4) is 0 Å². The van der Waals surface area contributed by atoms with Crippen LogP contribution >= 0.6 is 0 Å². The van der Waals surface area contributed by atoms with Crippen molar-refractivity contribution >= 4 is 5.91 Å². The Hall–Kier alpha value is -0.570. The number of amides is 1. The van der Waals surface area contributed by atoms with Gasteiger partial charge in [-0.25, -0.2) is 0 Å². The molecule has 3 rings (SSSR count). The van der Waals surface area contributed by atoms with E-state index in [0.717, 1.165) is 25.6 Å². The van der Waals surface area contributed by atoms with E-state index in [4.69, 9.17) is 0 Å². The molecule has 0 unspecified atom stereocenters. The molecule has 21 heavy (non-hydrogen) atoms. The highest BCUT2D eigenvalue weighted by Crippen LogP contribution is 2.34. The van der Waals surface area contributed by atoms with Gasteiger partial charge in [0.25, 0.3) is 0 Å². The van der Waals surface area contributed by atoms with Crippen molar-refractivity contribution in [2.75, 3.05) is 26.2 Å². The number of rotatable bonds is 3. The van der Waals surface area contributed by atoms with Crippen LogP contribution in [0.2, 0.25) is 0 Å². The van der Waals surface area contributed by atoms with E-state index in [0.29, 0.717) is 24.4 Å². The van der Waals surface area contributed by atoms with Crippen LogP contribution in [0.15, 0.2) is 0 Å². The third-order valence-corrected chi connectivity index (χ3v) is 5.96. The number of likely N-dealkylation sites (tertiary alicyclic amines) is 2. The molecule has 2 heterocycles. The Bertz CT molecular complexity index is 351. The van der Waals surface area contributed by atoms with Gasteiger partial charge in [0.05, 0.1) is 6.54 Å². The van der Waals surface area contributed by atoms with Gasteiger partial charge in [-0.3, -0.25) is 9.69 Å². The quantitative estimate of drug-likeness (QED) is 0.797. The van der Waals surface area contributed by atoms with Gasteiger partial charge in [0.2, 0.25) is 5.91 Å². The van der Waals surface area contributed by atoms with Crippen LogP contribution < -0.4 is 0 Å². The highest BCUT2D eigenvalue weighted by Gasteiger charge is 2.34. The Balaban J connectivity index is 1.54. The zero-order valence-corrected chi connectivity index (χ0v) is 13.7. The summed E-state index contributed by atoms with van der Waals surface area (Å²) >= 11 is 0. The van der Waals surface area contributed by atoms with Gasteiger partial charge in [-0.1, -0.05) is 26.2 Å². The molecule has 0 radical (unpaired) electrons. The summed E-state index contributed by atoms with van der Waals surface area (Å²) in [5.41, 5.74) is 0. The van der Waals surface area contributed by atoms with Crippen LogP contribution in [0.4, 0.5) is 0 Å². The zero-order valence-electron chi connectivity index (χ0n) is 13.7. The van der Waals surface area contributed by atoms with Crippen LogP contribution in [0.25, 0.3) is 0 Å². The molecule has 3 aliphatic rings. The van der Waals surface area contributed by atoms with Crippen molar-refractivity contribution in [1.29, 1.82) is 0 Å². The van der Waals surface area contributed by atoms with Gasteiger partial charge in [0.15, 0.2) is 0 Å². The van der Waals surface area contributed by atoms with Crippen LogP contribution in [0.1, 0.15) is 64.7 Å². The molecule has 3 heteroatoms. The molecule has 2 aliphatic heterocycles. The van der Waals surface area contributed by atoms with Crippen LogP contribution in [-0.4, -0.2) is 47.9 Å². The molecular formula is C18H32N2O. The fourth-order valence-electron chi connectivity index (χ4n) is 4.79. The molecule has 1 saturated carbocycles. The summed E-state index contributed by atoms with van der Waals surface area (Å²) in [6, 6.07) is 0.705. The standard InChI is InChI=1S/C18H32N2O/c1-15-7-5-12-20(13-15)18(21)14-19-11-6-10-17(19)16-8-3-2-4-9-16/h15-17H,2-14H2,1H3/t15-,17-/m1/s1. The molecule has 2 atom stereocenters. The van der Waals surface area contributed by atoms with E-state index in [-0.39, 0.29) is 0 Å². The van der Waals surface area contributed by atoms with E-state index in [2.05, 4.69) is 16.7 Å². The van der Waals surface area contributed by atoms with E-state index in [1.165, 1.54) is 57.8 Å². The number of carbonyl (C=O) groups excluding carboxylic acids is 1. The van der Waals surface area contributed by atoms with E-state index in [1.807, 2.05) is 0 Å². The first kappa shape index (κ1) is 15.3. The summed E-state index contributed by atoms with van der Waals surface area (Å²) in [6.45, 7) is 6.09. The summed E-state index contributed by atoms with van der Waals surface area (Å²) in [5.74, 6) is 1.95. The number of hydrogen-bond acceptors (Lipinski definition) is 2. The largest absolute Gasteiger partial charge is 0.341 e. The second kappa shape index (κ2) is 7.13. The second-order valence-corrected chi connectivity index (χ2v) is 7.67. The van der Waals surface area contributed by atoms with Gasteiger partial charge in [0.1, 0.15) is 0 Å². The second-order valence-electron chi connectivity index (χ2n) is 7.67. The predicted molar refractivity (Wildman–Crippen MR) is 86.1 cm³/mol. The minimum Gasteiger partial charge on any atom is -0.341 e. The lowest BCUT2D eigenvalue weighted by molar-refractivity contribution is -0.134. The van der Waals surface area contributed by atoms with Gasteiger partial charge in [0, 0.05) is 19.1 Å². The Kier molecular flexibility index (Phi) is 5.20. The molecule has 1 aliphatic carbocycles. The third kappa shape index (κ3) is 3.80. The highest BCUT2D eigenvalue weighted by atomic mass is 16.2. The zero-order chi connectivity index (χ0) is 14.7. The molecule has 0 aromatic heterocycles. The maximum Gasteiger partial charge on any atom is 0.236 e.